The zero-order valence-corrected chi connectivity index (χ0v) is 8.02. The molecular weight excluding hydrogens is 180 g/mol. The normalized spacial score (nSPS) is 13.1. The van der Waals surface area contributed by atoms with E-state index >= 15 is 0 Å². The van der Waals surface area contributed by atoms with Gasteiger partial charge in [-0.3, -0.25) is 4.79 Å². The molecule has 1 aromatic rings. The first-order chi connectivity index (χ1) is 6.93. The highest BCUT2D eigenvalue weighted by Gasteiger charge is 1.91. The molecule has 0 saturated heterocycles. The lowest BCUT2D eigenvalue weighted by Crippen LogP contribution is -1.85. The fourth-order valence-electron chi connectivity index (χ4n) is 1.10. The third-order valence-electron chi connectivity index (χ3n) is 1.78. The first kappa shape index (κ1) is 10.6. The van der Waals surface area contributed by atoms with Gasteiger partial charge in [-0.25, -0.2) is 0 Å². The number of hydrogen-bond acceptors (Lipinski definition) is 3. The van der Waals surface area contributed by atoms with E-state index < -0.39 is 0 Å². The predicted molar refractivity (Wildman–Crippen MR) is 52.6 cm³/mol. The maximum atomic E-state index is 9.64. The lowest BCUT2D eigenvalue weighted by molar-refractivity contribution is -0.130. The fraction of sp³-hybridized carbons (Fsp3) is 0.364. The summed E-state index contributed by atoms with van der Waals surface area (Å²) in [6.45, 7) is 0.610. The molecule has 1 heterocycles. The van der Waals surface area contributed by atoms with Crippen molar-refractivity contribution in [1.82, 2.24) is 0 Å². The van der Waals surface area contributed by atoms with Gasteiger partial charge in [0.2, 0.25) is 0 Å². The van der Waals surface area contributed by atoms with E-state index in [2.05, 4.69) is 16.9 Å². The second-order valence-corrected chi connectivity index (χ2v) is 2.89. The van der Waals surface area contributed by atoms with Crippen LogP contribution in [-0.4, -0.2) is 6.47 Å². The summed E-state index contributed by atoms with van der Waals surface area (Å²) in [4.78, 5) is 9.64. The van der Waals surface area contributed by atoms with Crippen molar-refractivity contribution in [2.24, 2.45) is 0 Å². The van der Waals surface area contributed by atoms with Crippen LogP contribution in [0.15, 0.2) is 35.0 Å². The minimum atomic E-state index is 0.219. The SMILES string of the molecule is C1=CCCC1.O=COCc1ccco1. The highest BCUT2D eigenvalue weighted by Crippen LogP contribution is 2.05. The van der Waals surface area contributed by atoms with Gasteiger partial charge in [0.1, 0.15) is 12.4 Å². The summed E-state index contributed by atoms with van der Waals surface area (Å²) < 4.78 is 9.26. The zero-order valence-electron chi connectivity index (χ0n) is 8.02. The van der Waals surface area contributed by atoms with Crippen LogP contribution >= 0.6 is 0 Å². The summed E-state index contributed by atoms with van der Waals surface area (Å²) in [6.07, 6.45) is 10.0. The van der Waals surface area contributed by atoms with Crippen LogP contribution in [0.2, 0.25) is 0 Å². The average Bonchev–Trinajstić information content (AvgIpc) is 2.90. The largest absolute Gasteiger partial charge is 0.466 e. The van der Waals surface area contributed by atoms with Crippen LogP contribution in [-0.2, 0) is 16.1 Å². The summed E-state index contributed by atoms with van der Waals surface area (Å²) in [7, 11) is 0. The van der Waals surface area contributed by atoms with E-state index in [9.17, 15) is 4.79 Å². The Kier molecular flexibility index (Phi) is 5.25. The number of carbonyl (C=O) groups excluding carboxylic acids is 1. The third-order valence-corrected chi connectivity index (χ3v) is 1.78. The monoisotopic (exact) mass is 194 g/mol. The Morgan fingerprint density at radius 1 is 1.43 bits per heavy atom. The molecule has 1 aromatic heterocycles. The molecule has 3 heteroatoms. The minimum Gasteiger partial charge on any atom is -0.466 e. The highest BCUT2D eigenvalue weighted by molar-refractivity contribution is 5.36. The molecule has 0 radical (unpaired) electrons. The zero-order chi connectivity index (χ0) is 10.1. The molecule has 3 nitrogen and oxygen atoms in total. The van der Waals surface area contributed by atoms with Crippen molar-refractivity contribution >= 4 is 6.47 Å². The van der Waals surface area contributed by atoms with Gasteiger partial charge >= 0.3 is 0 Å². The number of allylic oxidation sites excluding steroid dienone is 2. The van der Waals surface area contributed by atoms with Crippen LogP contribution in [0.1, 0.15) is 25.0 Å². The first-order valence-corrected chi connectivity index (χ1v) is 4.66. The second kappa shape index (κ2) is 6.95. The third kappa shape index (κ3) is 4.50. The Labute approximate surface area is 83.4 Å². The van der Waals surface area contributed by atoms with E-state index in [-0.39, 0.29) is 6.61 Å². The van der Waals surface area contributed by atoms with Crippen molar-refractivity contribution in [1.29, 1.82) is 0 Å². The van der Waals surface area contributed by atoms with Crippen molar-refractivity contribution in [3.05, 3.63) is 36.3 Å². The van der Waals surface area contributed by atoms with Crippen LogP contribution in [0.25, 0.3) is 0 Å². The van der Waals surface area contributed by atoms with Gasteiger partial charge < -0.3 is 9.15 Å². The number of ether oxygens (including phenoxy) is 1. The quantitative estimate of drug-likeness (QED) is 0.548. The smallest absolute Gasteiger partial charge is 0.293 e. The Bertz CT molecular complexity index is 256. The van der Waals surface area contributed by atoms with Crippen LogP contribution < -0.4 is 0 Å². The summed E-state index contributed by atoms with van der Waals surface area (Å²) >= 11 is 0. The Hall–Kier alpha value is -1.51. The molecule has 0 aromatic carbocycles. The Balaban J connectivity index is 0.000000165. The van der Waals surface area contributed by atoms with Gasteiger partial charge in [-0.15, -0.1) is 0 Å². The van der Waals surface area contributed by atoms with Gasteiger partial charge in [0.25, 0.3) is 6.47 Å². The predicted octanol–water partition coefficient (Wildman–Crippen LogP) is 2.68. The van der Waals surface area contributed by atoms with Crippen molar-refractivity contribution < 1.29 is 13.9 Å². The lowest BCUT2D eigenvalue weighted by atomic mass is 10.4. The standard InChI is InChI=1S/C6H6O3.C5H8/c7-5-8-4-6-2-1-3-9-6;1-2-4-5-3-1/h1-3,5H,4H2;1-2H,3-5H2. The Morgan fingerprint density at radius 3 is 2.64 bits per heavy atom. The van der Waals surface area contributed by atoms with Gasteiger partial charge in [0.15, 0.2) is 0 Å². The molecule has 0 N–H and O–H groups in total. The molecule has 0 amide bonds. The van der Waals surface area contributed by atoms with Crippen LogP contribution in [0.3, 0.4) is 0 Å². The van der Waals surface area contributed by atoms with Crippen molar-refractivity contribution in [3.8, 4) is 0 Å². The molecule has 0 bridgehead atoms. The van der Waals surface area contributed by atoms with Crippen molar-refractivity contribution in [2.75, 3.05) is 0 Å². The summed E-state index contributed by atoms with van der Waals surface area (Å²) in [6, 6.07) is 3.48. The van der Waals surface area contributed by atoms with Crippen LogP contribution in [0, 0.1) is 0 Å². The minimum absolute atomic E-state index is 0.219. The van der Waals surface area contributed by atoms with E-state index in [1.54, 1.807) is 12.1 Å². The maximum Gasteiger partial charge on any atom is 0.293 e. The van der Waals surface area contributed by atoms with Gasteiger partial charge in [0, 0.05) is 0 Å². The number of carbonyl (C=O) groups is 1. The van der Waals surface area contributed by atoms with Crippen LogP contribution in [0.4, 0.5) is 0 Å². The molecule has 0 fully saturated rings. The van der Waals surface area contributed by atoms with Gasteiger partial charge in [-0.1, -0.05) is 12.2 Å². The highest BCUT2D eigenvalue weighted by atomic mass is 16.5. The molecule has 14 heavy (non-hydrogen) atoms. The summed E-state index contributed by atoms with van der Waals surface area (Å²) in [5, 5.41) is 0. The fourth-order valence-corrected chi connectivity index (χ4v) is 1.10. The second-order valence-electron chi connectivity index (χ2n) is 2.89. The van der Waals surface area contributed by atoms with E-state index in [0.717, 1.165) is 0 Å². The molecule has 76 valence electrons. The van der Waals surface area contributed by atoms with Crippen molar-refractivity contribution in [3.63, 3.8) is 0 Å². The molecule has 0 saturated carbocycles. The first-order valence-electron chi connectivity index (χ1n) is 4.66. The molecular formula is C11H14O3. The molecule has 1 aliphatic rings. The Morgan fingerprint density at radius 2 is 2.21 bits per heavy atom. The summed E-state index contributed by atoms with van der Waals surface area (Å²) in [5.41, 5.74) is 0. The molecule has 0 atom stereocenters. The molecule has 0 aliphatic heterocycles. The maximum absolute atomic E-state index is 9.64. The van der Waals surface area contributed by atoms with E-state index in [1.165, 1.54) is 25.5 Å². The van der Waals surface area contributed by atoms with Crippen LogP contribution in [0.5, 0.6) is 0 Å². The van der Waals surface area contributed by atoms with Gasteiger partial charge in [-0.05, 0) is 31.4 Å². The number of rotatable bonds is 3. The topological polar surface area (TPSA) is 39.4 Å². The average molecular weight is 194 g/mol. The molecule has 1 aliphatic carbocycles. The lowest BCUT2D eigenvalue weighted by Gasteiger charge is -1.90. The number of hydrogen-bond donors (Lipinski definition) is 0. The molecule has 2 rings (SSSR count). The van der Waals surface area contributed by atoms with Gasteiger partial charge in [0.05, 0.1) is 6.26 Å². The van der Waals surface area contributed by atoms with E-state index in [1.807, 2.05) is 0 Å². The van der Waals surface area contributed by atoms with E-state index in [4.69, 9.17) is 4.42 Å². The summed E-state index contributed by atoms with van der Waals surface area (Å²) in [5.74, 6) is 0.655. The molecule has 0 unspecified atom stereocenters. The van der Waals surface area contributed by atoms with Crippen molar-refractivity contribution in [2.45, 2.75) is 25.9 Å². The number of furan rings is 1. The molecule has 0 spiro atoms. The van der Waals surface area contributed by atoms with E-state index in [0.29, 0.717) is 12.2 Å². The van der Waals surface area contributed by atoms with Gasteiger partial charge in [-0.2, -0.15) is 0 Å².